The van der Waals surface area contributed by atoms with Crippen LogP contribution in [0.1, 0.15) is 46.2 Å². The van der Waals surface area contributed by atoms with Gasteiger partial charge in [-0.05, 0) is 51.8 Å². The van der Waals surface area contributed by atoms with Gasteiger partial charge >= 0.3 is 6.09 Å². The van der Waals surface area contributed by atoms with E-state index in [2.05, 4.69) is 41.2 Å². The fourth-order valence-electron chi connectivity index (χ4n) is 2.26. The lowest BCUT2D eigenvalue weighted by molar-refractivity contribution is 0.0276. The number of carbonyl (C=O) groups excluding carboxylic acids is 1. The van der Waals surface area contributed by atoms with Crippen LogP contribution >= 0.6 is 15.9 Å². The van der Waals surface area contributed by atoms with Gasteiger partial charge in [0.05, 0.1) is 0 Å². The topological polar surface area (TPSA) is 41.6 Å². The van der Waals surface area contributed by atoms with Crippen molar-refractivity contribution in [3.8, 4) is 0 Å². The highest BCUT2D eigenvalue weighted by Gasteiger charge is 2.21. The molecule has 1 amide bonds. The summed E-state index contributed by atoms with van der Waals surface area (Å²) in [5.41, 5.74) is 0.779. The summed E-state index contributed by atoms with van der Waals surface area (Å²) in [6.07, 6.45) is -0.275. The van der Waals surface area contributed by atoms with Gasteiger partial charge in [0.2, 0.25) is 0 Å². The molecule has 1 aromatic rings. The van der Waals surface area contributed by atoms with E-state index in [0.717, 1.165) is 11.0 Å². The Morgan fingerprint density at radius 2 is 1.91 bits per heavy atom. The van der Waals surface area contributed by atoms with Crippen LogP contribution in [0.5, 0.6) is 0 Å². The number of hydrogen-bond acceptors (Lipinski definition) is 3. The van der Waals surface area contributed by atoms with E-state index < -0.39 is 5.60 Å². The molecule has 1 N–H and O–H groups in total. The summed E-state index contributed by atoms with van der Waals surface area (Å²) < 4.78 is 6.48. The molecule has 0 aliphatic carbocycles. The van der Waals surface area contributed by atoms with Crippen molar-refractivity contribution in [1.29, 1.82) is 0 Å². The van der Waals surface area contributed by atoms with Gasteiger partial charge in [-0.25, -0.2) is 4.79 Å². The molecule has 2 unspecified atom stereocenters. The zero-order valence-corrected chi connectivity index (χ0v) is 16.6. The van der Waals surface area contributed by atoms with Gasteiger partial charge in [0.1, 0.15) is 5.60 Å². The largest absolute Gasteiger partial charge is 0.444 e. The van der Waals surface area contributed by atoms with Crippen molar-refractivity contribution in [2.24, 2.45) is 5.92 Å². The zero-order valence-electron chi connectivity index (χ0n) is 15.0. The third kappa shape index (κ3) is 7.36. The van der Waals surface area contributed by atoms with E-state index in [1.165, 1.54) is 5.56 Å². The predicted molar refractivity (Wildman–Crippen MR) is 98.6 cm³/mol. The van der Waals surface area contributed by atoms with Crippen molar-refractivity contribution in [2.75, 3.05) is 20.1 Å². The first-order valence-corrected chi connectivity index (χ1v) is 8.81. The maximum atomic E-state index is 12.0. The van der Waals surface area contributed by atoms with Gasteiger partial charge in [0.15, 0.2) is 0 Å². The predicted octanol–water partition coefficient (Wildman–Crippen LogP) is 4.60. The van der Waals surface area contributed by atoms with Gasteiger partial charge in [-0.1, -0.05) is 41.1 Å². The van der Waals surface area contributed by atoms with E-state index in [1.807, 2.05) is 39.0 Å². The van der Waals surface area contributed by atoms with Crippen LogP contribution in [0.15, 0.2) is 28.7 Å². The smallest absolute Gasteiger partial charge is 0.410 e. The van der Waals surface area contributed by atoms with Gasteiger partial charge in [0.25, 0.3) is 0 Å². The van der Waals surface area contributed by atoms with E-state index >= 15 is 0 Å². The van der Waals surface area contributed by atoms with E-state index in [1.54, 1.807) is 11.9 Å². The maximum Gasteiger partial charge on any atom is 0.410 e. The van der Waals surface area contributed by atoms with Gasteiger partial charge in [-0.15, -0.1) is 0 Å². The Hall–Kier alpha value is -1.07. The van der Waals surface area contributed by atoms with Crippen LogP contribution in [0, 0.1) is 5.92 Å². The van der Waals surface area contributed by atoms with E-state index in [-0.39, 0.29) is 12.1 Å². The highest BCUT2D eigenvalue weighted by atomic mass is 79.9. The summed E-state index contributed by atoms with van der Waals surface area (Å²) in [4.78, 5) is 13.6. The summed E-state index contributed by atoms with van der Waals surface area (Å²) in [5, 5.41) is 3.52. The molecule has 5 heteroatoms. The quantitative estimate of drug-likeness (QED) is 0.778. The van der Waals surface area contributed by atoms with Gasteiger partial charge in [0, 0.05) is 24.1 Å². The molecule has 0 bridgehead atoms. The SMILES string of the molecule is CC(CNC(C)c1ccccc1Br)CN(C)C(=O)OC(C)(C)C. The minimum atomic E-state index is -0.457. The highest BCUT2D eigenvalue weighted by Crippen LogP contribution is 2.22. The number of benzene rings is 1. The highest BCUT2D eigenvalue weighted by molar-refractivity contribution is 9.10. The number of halogens is 1. The average molecular weight is 385 g/mol. The number of carbonyl (C=O) groups is 1. The molecule has 0 aromatic heterocycles. The lowest BCUT2D eigenvalue weighted by atomic mass is 10.1. The fraction of sp³-hybridized carbons (Fsp3) is 0.611. The third-order valence-electron chi connectivity index (χ3n) is 3.43. The van der Waals surface area contributed by atoms with Gasteiger partial charge < -0.3 is 15.0 Å². The van der Waals surface area contributed by atoms with Crippen molar-refractivity contribution < 1.29 is 9.53 Å². The number of hydrogen-bond donors (Lipinski definition) is 1. The maximum absolute atomic E-state index is 12.0. The molecule has 23 heavy (non-hydrogen) atoms. The molecule has 4 nitrogen and oxygen atoms in total. The number of nitrogens with one attached hydrogen (secondary N) is 1. The Balaban J connectivity index is 2.43. The van der Waals surface area contributed by atoms with Crippen molar-refractivity contribution in [3.05, 3.63) is 34.3 Å². The summed E-state index contributed by atoms with van der Waals surface area (Å²) in [7, 11) is 1.78. The van der Waals surface area contributed by atoms with Crippen LogP contribution < -0.4 is 5.32 Å². The number of ether oxygens (including phenoxy) is 1. The zero-order chi connectivity index (χ0) is 17.6. The van der Waals surface area contributed by atoms with Crippen molar-refractivity contribution >= 4 is 22.0 Å². The monoisotopic (exact) mass is 384 g/mol. The Kier molecular flexibility index (Phi) is 7.55. The van der Waals surface area contributed by atoms with E-state index in [4.69, 9.17) is 4.74 Å². The number of rotatable bonds is 6. The lowest BCUT2D eigenvalue weighted by Gasteiger charge is -2.27. The molecule has 0 radical (unpaired) electrons. The molecular formula is C18H29BrN2O2. The average Bonchev–Trinajstić information content (AvgIpc) is 2.43. The van der Waals surface area contributed by atoms with Crippen LogP contribution in [-0.4, -0.2) is 36.7 Å². The van der Waals surface area contributed by atoms with Crippen LogP contribution in [0.3, 0.4) is 0 Å². The summed E-state index contributed by atoms with van der Waals surface area (Å²) in [6.45, 7) is 11.4. The molecule has 0 fully saturated rings. The first-order chi connectivity index (χ1) is 10.6. The molecule has 0 heterocycles. The Morgan fingerprint density at radius 1 is 1.30 bits per heavy atom. The first-order valence-electron chi connectivity index (χ1n) is 8.02. The summed E-state index contributed by atoms with van der Waals surface area (Å²) >= 11 is 3.58. The number of nitrogens with zero attached hydrogens (tertiary/aromatic N) is 1. The van der Waals surface area contributed by atoms with Gasteiger partial charge in [-0.2, -0.15) is 0 Å². The number of amides is 1. The van der Waals surface area contributed by atoms with Gasteiger partial charge in [-0.3, -0.25) is 0 Å². The molecule has 0 aliphatic heterocycles. The van der Waals surface area contributed by atoms with Crippen LogP contribution in [0.4, 0.5) is 4.79 Å². The molecule has 0 aliphatic rings. The molecule has 0 saturated heterocycles. The second-order valence-electron chi connectivity index (χ2n) is 7.12. The Morgan fingerprint density at radius 3 is 2.48 bits per heavy atom. The molecule has 1 rings (SSSR count). The summed E-state index contributed by atoms with van der Waals surface area (Å²) in [5.74, 6) is 0.331. The molecule has 1 aromatic carbocycles. The van der Waals surface area contributed by atoms with Crippen molar-refractivity contribution in [3.63, 3.8) is 0 Å². The van der Waals surface area contributed by atoms with E-state index in [9.17, 15) is 4.79 Å². The van der Waals surface area contributed by atoms with Crippen molar-refractivity contribution in [1.82, 2.24) is 10.2 Å². The molecule has 2 atom stereocenters. The fourth-order valence-corrected chi connectivity index (χ4v) is 2.89. The molecule has 130 valence electrons. The minimum absolute atomic E-state index is 0.250. The van der Waals surface area contributed by atoms with Crippen LogP contribution in [0.2, 0.25) is 0 Å². The third-order valence-corrected chi connectivity index (χ3v) is 4.16. The van der Waals surface area contributed by atoms with Crippen molar-refractivity contribution in [2.45, 2.75) is 46.3 Å². The normalized spacial score (nSPS) is 14.2. The van der Waals surface area contributed by atoms with E-state index in [0.29, 0.717) is 12.5 Å². The first kappa shape index (κ1) is 20.0. The van der Waals surface area contributed by atoms with Crippen LogP contribution in [0.25, 0.3) is 0 Å². The Bertz CT molecular complexity index is 514. The summed E-state index contributed by atoms with van der Waals surface area (Å²) in [6, 6.07) is 8.46. The second kappa shape index (κ2) is 8.69. The minimum Gasteiger partial charge on any atom is -0.444 e. The van der Waals surface area contributed by atoms with Crippen LogP contribution in [-0.2, 0) is 4.74 Å². The molecular weight excluding hydrogens is 356 g/mol. The second-order valence-corrected chi connectivity index (χ2v) is 7.97. The standard InChI is InChI=1S/C18H29BrN2O2/c1-13(12-21(6)17(22)23-18(3,4)5)11-20-14(2)15-9-7-8-10-16(15)19/h7-10,13-14,20H,11-12H2,1-6H3. The lowest BCUT2D eigenvalue weighted by Crippen LogP contribution is -2.38. The molecule has 0 saturated carbocycles. The Labute approximate surface area is 148 Å². The molecule has 0 spiro atoms.